The highest BCUT2D eigenvalue weighted by molar-refractivity contribution is 8.00. The highest BCUT2D eigenvalue weighted by atomic mass is 32.2. The van der Waals surface area contributed by atoms with Gasteiger partial charge in [-0.15, -0.1) is 11.8 Å². The number of epoxide rings is 1. The first-order chi connectivity index (χ1) is 18.0. The van der Waals surface area contributed by atoms with Gasteiger partial charge < -0.3 is 30.5 Å². The van der Waals surface area contributed by atoms with E-state index in [1.54, 1.807) is 12.1 Å². The van der Waals surface area contributed by atoms with Crippen LogP contribution in [0.4, 0.5) is 15.9 Å². The molecular formula is C25H27FN6O4S. The van der Waals surface area contributed by atoms with Crippen LogP contribution < -0.4 is 20.7 Å². The van der Waals surface area contributed by atoms with Gasteiger partial charge in [-0.3, -0.25) is 9.78 Å². The molecule has 3 aliphatic rings. The summed E-state index contributed by atoms with van der Waals surface area (Å²) in [4.78, 5) is 25.6. The van der Waals surface area contributed by atoms with E-state index in [1.165, 1.54) is 25.1 Å². The van der Waals surface area contributed by atoms with Gasteiger partial charge >= 0.3 is 0 Å². The number of aliphatic hydroxyl groups excluding tert-OH is 1. The Hall–Kier alpha value is -3.06. The van der Waals surface area contributed by atoms with Crippen LogP contribution in [0.25, 0.3) is 11.0 Å². The molecule has 0 spiro atoms. The number of nitrogens with one attached hydrogen (secondary N) is 3. The van der Waals surface area contributed by atoms with Gasteiger partial charge in [-0.1, -0.05) is 0 Å². The molecule has 10 nitrogen and oxygen atoms in total. The maximum Gasteiger partial charge on any atom is 0.235 e. The van der Waals surface area contributed by atoms with E-state index in [4.69, 9.17) is 9.47 Å². The minimum absolute atomic E-state index is 0.0406. The summed E-state index contributed by atoms with van der Waals surface area (Å²) in [7, 11) is 1.51. The van der Waals surface area contributed by atoms with E-state index in [1.807, 2.05) is 12.1 Å². The maximum atomic E-state index is 14.6. The Bertz CT molecular complexity index is 1350. The second kappa shape index (κ2) is 10.0. The smallest absolute Gasteiger partial charge is 0.235 e. The maximum absolute atomic E-state index is 14.6. The van der Waals surface area contributed by atoms with Gasteiger partial charge in [-0.05, 0) is 42.9 Å². The van der Waals surface area contributed by atoms with Gasteiger partial charge in [0, 0.05) is 19.2 Å². The molecule has 0 radical (unpaired) electrons. The third-order valence-corrected chi connectivity index (χ3v) is 8.11. The number of hydrogen-bond donors (Lipinski definition) is 4. The number of fused-ring (bicyclic) bond motifs is 2. The highest BCUT2D eigenvalue weighted by Gasteiger charge is 2.50. The molecule has 0 bridgehead atoms. The molecule has 5 atom stereocenters. The van der Waals surface area contributed by atoms with Gasteiger partial charge in [0.25, 0.3) is 0 Å². The average Bonchev–Trinajstić information content (AvgIpc) is 3.58. The zero-order valence-electron chi connectivity index (χ0n) is 20.1. The molecule has 1 saturated heterocycles. The molecule has 6 rings (SSSR count). The van der Waals surface area contributed by atoms with E-state index in [2.05, 4.69) is 30.9 Å². The zero-order valence-corrected chi connectivity index (χ0v) is 20.9. The lowest BCUT2D eigenvalue weighted by atomic mass is 10.0. The van der Waals surface area contributed by atoms with Crippen LogP contribution >= 0.6 is 11.8 Å². The highest BCUT2D eigenvalue weighted by Crippen LogP contribution is 2.43. The lowest BCUT2D eigenvalue weighted by Crippen LogP contribution is -2.28. The summed E-state index contributed by atoms with van der Waals surface area (Å²) in [5.41, 5.74) is 2.01. The summed E-state index contributed by atoms with van der Waals surface area (Å²) < 4.78 is 25.7. The number of amides is 1. The molecule has 3 aromatic rings. The Morgan fingerprint density at radius 2 is 2.16 bits per heavy atom. The van der Waals surface area contributed by atoms with E-state index in [-0.39, 0.29) is 35.8 Å². The number of pyridine rings is 3. The Labute approximate surface area is 216 Å². The minimum atomic E-state index is -0.509. The summed E-state index contributed by atoms with van der Waals surface area (Å²) in [5.74, 6) is 1.08. The van der Waals surface area contributed by atoms with Gasteiger partial charge in [-0.2, -0.15) is 0 Å². The first kappa shape index (κ1) is 24.3. The quantitative estimate of drug-likeness (QED) is 0.325. The van der Waals surface area contributed by atoms with Crippen LogP contribution in [0.1, 0.15) is 18.5 Å². The molecule has 37 heavy (non-hydrogen) atoms. The molecule has 0 aromatic carbocycles. The zero-order chi connectivity index (χ0) is 25.5. The number of hydrogen-bond acceptors (Lipinski definition) is 10. The van der Waals surface area contributed by atoms with Crippen LogP contribution in [0.5, 0.6) is 5.88 Å². The topological polar surface area (TPSA) is 134 Å². The number of halogens is 1. The van der Waals surface area contributed by atoms with Crippen molar-refractivity contribution in [3.05, 3.63) is 42.0 Å². The number of aromatic nitrogens is 3. The van der Waals surface area contributed by atoms with Gasteiger partial charge in [0.1, 0.15) is 23.1 Å². The number of anilines is 2. The number of carbonyl (C=O) groups excluding carboxylic acids is 1. The lowest BCUT2D eigenvalue weighted by Gasteiger charge is -2.17. The van der Waals surface area contributed by atoms with Gasteiger partial charge in [0.15, 0.2) is 12.0 Å². The van der Waals surface area contributed by atoms with Crippen LogP contribution in [0.15, 0.2) is 35.4 Å². The normalized spacial score (nSPS) is 26.6. The minimum Gasteiger partial charge on any atom is -0.481 e. The third kappa shape index (κ3) is 5.06. The Morgan fingerprint density at radius 3 is 3.03 bits per heavy atom. The van der Waals surface area contributed by atoms with Crippen molar-refractivity contribution in [2.45, 2.75) is 42.7 Å². The SMILES string of the molecule is COc1ccc2ncc(F)c(NC3OC3[C@H]3C[C@H](CNCc4ccc5c(n4)NC(=O)CS5)[C@H](O)C3)c2n1. The van der Waals surface area contributed by atoms with Crippen molar-refractivity contribution in [2.24, 2.45) is 11.8 Å². The molecule has 3 aromatic heterocycles. The van der Waals surface area contributed by atoms with Crippen LogP contribution in [0.2, 0.25) is 0 Å². The standard InChI is InChI=1S/C25H27FN6O4S/c1-35-20-5-3-16-22(31-20)21(15(26)10-28-16)32-25-23(36-25)12-6-13(17(33)7-12)8-27-9-14-2-4-18-24(29-14)30-19(34)11-37-18/h2-5,10,12-13,17,23,25,27,33H,6-9,11H2,1H3,(H,28,32)(H,29,30,34)/t12-,13+,17+,23?,25?/m0/s1. The van der Waals surface area contributed by atoms with E-state index < -0.39 is 11.9 Å². The number of aliphatic hydroxyl groups is 1. The van der Waals surface area contributed by atoms with E-state index in [0.717, 1.165) is 17.0 Å². The molecule has 1 saturated carbocycles. The molecule has 1 aliphatic carbocycles. The number of methoxy groups -OCH3 is 1. The van der Waals surface area contributed by atoms with Crippen molar-refractivity contribution < 1.29 is 23.8 Å². The van der Waals surface area contributed by atoms with Crippen molar-refractivity contribution in [3.8, 4) is 5.88 Å². The van der Waals surface area contributed by atoms with Crippen molar-refractivity contribution in [3.63, 3.8) is 0 Å². The first-order valence-corrected chi connectivity index (χ1v) is 13.2. The second-order valence-electron chi connectivity index (χ2n) is 9.54. The molecule has 4 N–H and O–H groups in total. The van der Waals surface area contributed by atoms with Crippen LogP contribution in [-0.2, 0) is 16.1 Å². The molecule has 2 unspecified atom stereocenters. The first-order valence-electron chi connectivity index (χ1n) is 12.2. The third-order valence-electron chi connectivity index (χ3n) is 7.07. The fourth-order valence-corrected chi connectivity index (χ4v) is 5.89. The fraction of sp³-hybridized carbons (Fsp3) is 0.440. The number of carbonyl (C=O) groups is 1. The fourth-order valence-electron chi connectivity index (χ4n) is 5.14. The number of thioether (sulfide) groups is 1. The predicted molar refractivity (Wildman–Crippen MR) is 136 cm³/mol. The summed E-state index contributed by atoms with van der Waals surface area (Å²) in [5, 5.41) is 20.0. The number of ether oxygens (including phenoxy) is 2. The molecule has 1 amide bonds. The molecular weight excluding hydrogens is 499 g/mol. The van der Waals surface area contributed by atoms with Crippen LogP contribution in [0.3, 0.4) is 0 Å². The predicted octanol–water partition coefficient (Wildman–Crippen LogP) is 2.53. The summed E-state index contributed by atoms with van der Waals surface area (Å²) in [6.45, 7) is 1.17. The summed E-state index contributed by atoms with van der Waals surface area (Å²) in [6.07, 6.45) is 1.68. The number of rotatable bonds is 8. The number of nitrogens with zero attached hydrogens (tertiary/aromatic N) is 3. The van der Waals surface area contributed by atoms with Crippen molar-refractivity contribution in [1.29, 1.82) is 0 Å². The Kier molecular flexibility index (Phi) is 6.57. The molecule has 2 aliphatic heterocycles. The van der Waals surface area contributed by atoms with Crippen LogP contribution in [-0.4, -0.2) is 63.8 Å². The van der Waals surface area contributed by atoms with Crippen molar-refractivity contribution >= 4 is 40.2 Å². The van der Waals surface area contributed by atoms with E-state index >= 15 is 0 Å². The average molecular weight is 527 g/mol. The van der Waals surface area contributed by atoms with Gasteiger partial charge in [0.05, 0.1) is 41.3 Å². The van der Waals surface area contributed by atoms with Crippen molar-refractivity contribution in [1.82, 2.24) is 20.3 Å². The van der Waals surface area contributed by atoms with Gasteiger partial charge in [-0.25, -0.2) is 14.4 Å². The monoisotopic (exact) mass is 526 g/mol. The summed E-state index contributed by atoms with van der Waals surface area (Å²) in [6, 6.07) is 7.34. The van der Waals surface area contributed by atoms with Crippen LogP contribution in [0, 0.1) is 17.7 Å². The van der Waals surface area contributed by atoms with Crippen molar-refractivity contribution in [2.75, 3.05) is 30.0 Å². The lowest BCUT2D eigenvalue weighted by molar-refractivity contribution is -0.113. The van der Waals surface area contributed by atoms with E-state index in [0.29, 0.717) is 48.0 Å². The Morgan fingerprint density at radius 1 is 1.27 bits per heavy atom. The molecule has 2 fully saturated rings. The van der Waals surface area contributed by atoms with E-state index in [9.17, 15) is 14.3 Å². The molecule has 5 heterocycles. The molecule has 12 heteroatoms. The Balaban J connectivity index is 1.03. The van der Waals surface area contributed by atoms with Gasteiger partial charge in [0.2, 0.25) is 11.8 Å². The summed E-state index contributed by atoms with van der Waals surface area (Å²) >= 11 is 1.48. The molecule has 194 valence electrons. The largest absolute Gasteiger partial charge is 0.481 e. The second-order valence-corrected chi connectivity index (χ2v) is 10.6.